The molecular weight excluding hydrogens is 605 g/mol. The van der Waals surface area contributed by atoms with E-state index in [4.69, 9.17) is 14.5 Å². The number of fused-ring (bicyclic) bond motifs is 2. The van der Waals surface area contributed by atoms with Crippen LogP contribution in [0.25, 0.3) is 21.8 Å². The number of nitrogens with zero attached hydrogens (tertiary/aromatic N) is 4. The van der Waals surface area contributed by atoms with Crippen molar-refractivity contribution in [2.24, 2.45) is 4.99 Å². The number of hydrogen-bond acceptors (Lipinski definition) is 8. The van der Waals surface area contributed by atoms with Gasteiger partial charge in [-0.05, 0) is 81.7 Å². The number of aromatic nitrogens is 2. The molecule has 0 aliphatic carbocycles. The SMILES string of the molecule is CCOC(=O)C1=C(C)N=c2s/c(=C/c3cc(C)n(-c4sc(C)c(C)c4C#N)c3C)c(=O)n2[C@H]1c1c(OC)ccc2ccccc12. The summed E-state index contributed by atoms with van der Waals surface area (Å²) in [4.78, 5) is 34.3. The van der Waals surface area contributed by atoms with E-state index in [1.807, 2.05) is 76.2 Å². The minimum absolute atomic E-state index is 0.186. The van der Waals surface area contributed by atoms with Gasteiger partial charge in [-0.15, -0.1) is 11.3 Å². The van der Waals surface area contributed by atoms with Crippen LogP contribution in [0.2, 0.25) is 0 Å². The molecule has 228 valence electrons. The summed E-state index contributed by atoms with van der Waals surface area (Å²) in [6, 6.07) is 15.3. The van der Waals surface area contributed by atoms with E-state index in [2.05, 4.69) is 10.6 Å². The first-order chi connectivity index (χ1) is 21.6. The number of ether oxygens (including phenoxy) is 2. The Bertz CT molecular complexity index is 2290. The summed E-state index contributed by atoms with van der Waals surface area (Å²) in [6.07, 6.45) is 1.88. The molecule has 4 heterocycles. The van der Waals surface area contributed by atoms with Crippen molar-refractivity contribution in [3.8, 4) is 16.8 Å². The average Bonchev–Trinajstić information content (AvgIpc) is 3.59. The van der Waals surface area contributed by atoms with Crippen LogP contribution in [-0.4, -0.2) is 28.8 Å². The Morgan fingerprint density at radius 2 is 1.87 bits per heavy atom. The number of thiazole rings is 1. The number of carbonyl (C=O) groups excluding carboxylic acids is 1. The summed E-state index contributed by atoms with van der Waals surface area (Å²) in [6.45, 7) is 11.7. The van der Waals surface area contributed by atoms with Gasteiger partial charge < -0.3 is 14.0 Å². The number of aryl methyl sites for hydroxylation is 2. The summed E-state index contributed by atoms with van der Waals surface area (Å²) < 4.78 is 15.5. The number of carbonyl (C=O) groups is 1. The van der Waals surface area contributed by atoms with E-state index in [1.54, 1.807) is 36.9 Å². The van der Waals surface area contributed by atoms with Gasteiger partial charge in [-0.1, -0.05) is 41.7 Å². The third-order valence-corrected chi connectivity index (χ3v) is 10.6. The van der Waals surface area contributed by atoms with Gasteiger partial charge in [-0.3, -0.25) is 9.36 Å². The van der Waals surface area contributed by atoms with Gasteiger partial charge in [0.05, 0.1) is 35.1 Å². The van der Waals surface area contributed by atoms with Gasteiger partial charge in [0.15, 0.2) is 4.80 Å². The van der Waals surface area contributed by atoms with E-state index >= 15 is 0 Å². The Kier molecular flexibility index (Phi) is 7.85. The summed E-state index contributed by atoms with van der Waals surface area (Å²) in [5.41, 5.74) is 5.63. The topological polar surface area (TPSA) is 98.6 Å². The van der Waals surface area contributed by atoms with Crippen molar-refractivity contribution in [3.63, 3.8) is 0 Å². The zero-order valence-corrected chi connectivity index (χ0v) is 27.8. The molecule has 0 spiro atoms. The van der Waals surface area contributed by atoms with Gasteiger partial charge >= 0.3 is 5.97 Å². The van der Waals surface area contributed by atoms with Crippen molar-refractivity contribution in [3.05, 3.63) is 112 Å². The molecule has 0 bridgehead atoms. The van der Waals surface area contributed by atoms with Crippen molar-refractivity contribution in [1.82, 2.24) is 9.13 Å². The lowest BCUT2D eigenvalue weighted by Gasteiger charge is -2.27. The van der Waals surface area contributed by atoms with E-state index < -0.39 is 12.0 Å². The van der Waals surface area contributed by atoms with Crippen molar-refractivity contribution in [1.29, 1.82) is 5.26 Å². The quantitative estimate of drug-likeness (QED) is 0.216. The molecule has 10 heteroatoms. The lowest BCUT2D eigenvalue weighted by molar-refractivity contribution is -0.139. The first-order valence-electron chi connectivity index (χ1n) is 14.6. The number of hydrogen-bond donors (Lipinski definition) is 0. The second-order valence-electron chi connectivity index (χ2n) is 10.9. The molecule has 1 aliphatic rings. The summed E-state index contributed by atoms with van der Waals surface area (Å²) >= 11 is 2.87. The highest BCUT2D eigenvalue weighted by Crippen LogP contribution is 2.40. The first-order valence-corrected chi connectivity index (χ1v) is 16.2. The van der Waals surface area contributed by atoms with Gasteiger partial charge in [0.25, 0.3) is 5.56 Å². The van der Waals surface area contributed by atoms with Crippen molar-refractivity contribution in [2.75, 3.05) is 13.7 Å². The van der Waals surface area contributed by atoms with E-state index in [0.29, 0.717) is 37.5 Å². The monoisotopic (exact) mass is 636 g/mol. The fraction of sp³-hybridized carbons (Fsp3) is 0.257. The maximum Gasteiger partial charge on any atom is 0.338 e. The molecule has 1 aliphatic heterocycles. The van der Waals surface area contributed by atoms with E-state index in [0.717, 1.165) is 43.2 Å². The van der Waals surface area contributed by atoms with E-state index in [1.165, 1.54) is 11.3 Å². The zero-order valence-electron chi connectivity index (χ0n) is 26.1. The number of esters is 1. The number of benzene rings is 2. The van der Waals surface area contributed by atoms with Gasteiger partial charge in [-0.25, -0.2) is 9.79 Å². The third-order valence-electron chi connectivity index (χ3n) is 8.38. The maximum absolute atomic E-state index is 14.4. The highest BCUT2D eigenvalue weighted by Gasteiger charge is 2.36. The molecule has 0 unspecified atom stereocenters. The average molecular weight is 637 g/mol. The zero-order chi connectivity index (χ0) is 32.2. The van der Waals surface area contributed by atoms with E-state index in [-0.39, 0.29) is 12.2 Å². The lowest BCUT2D eigenvalue weighted by Crippen LogP contribution is -2.40. The Morgan fingerprint density at radius 1 is 1.11 bits per heavy atom. The standard InChI is InChI=1S/C35H32N4O4S2/c1-8-43-34(41)29-20(4)37-35-39(31(29)30-25-12-10-9-11-23(25)13-14-27(30)42-7)32(40)28(45-35)16-24-15-18(2)38(21(24)5)33-26(17-36)19(3)22(6)44-33/h9-16,31H,8H2,1-7H3/b28-16+/t31-/m1/s1. The van der Waals surface area contributed by atoms with Crippen LogP contribution in [0.4, 0.5) is 0 Å². The smallest absolute Gasteiger partial charge is 0.338 e. The molecule has 45 heavy (non-hydrogen) atoms. The molecule has 2 aromatic carbocycles. The second-order valence-corrected chi connectivity index (χ2v) is 13.2. The van der Waals surface area contributed by atoms with Crippen LogP contribution in [0.15, 0.2) is 63.5 Å². The Morgan fingerprint density at radius 3 is 2.58 bits per heavy atom. The number of nitriles is 1. The van der Waals surface area contributed by atoms with Crippen molar-refractivity contribution in [2.45, 2.75) is 47.6 Å². The van der Waals surface area contributed by atoms with Crippen LogP contribution in [0.5, 0.6) is 5.75 Å². The molecule has 0 N–H and O–H groups in total. The van der Waals surface area contributed by atoms with Crippen LogP contribution in [0, 0.1) is 39.0 Å². The number of thiophene rings is 1. The molecule has 0 saturated carbocycles. The van der Waals surface area contributed by atoms with Crippen LogP contribution < -0.4 is 19.6 Å². The van der Waals surface area contributed by atoms with Crippen LogP contribution in [-0.2, 0) is 9.53 Å². The highest BCUT2D eigenvalue weighted by atomic mass is 32.1. The lowest BCUT2D eigenvalue weighted by atomic mass is 9.90. The molecule has 0 saturated heterocycles. The normalized spacial score (nSPS) is 14.8. The molecule has 0 amide bonds. The first kappa shape index (κ1) is 30.3. The molecule has 5 aromatic rings. The predicted octanol–water partition coefficient (Wildman–Crippen LogP) is 5.92. The summed E-state index contributed by atoms with van der Waals surface area (Å²) in [5, 5.41) is 12.6. The van der Waals surface area contributed by atoms with Gasteiger partial charge in [-0.2, -0.15) is 5.26 Å². The van der Waals surface area contributed by atoms with Gasteiger partial charge in [0.2, 0.25) is 0 Å². The summed E-state index contributed by atoms with van der Waals surface area (Å²) in [7, 11) is 1.59. The Labute approximate surface area is 268 Å². The fourth-order valence-electron chi connectivity index (χ4n) is 6.09. The minimum Gasteiger partial charge on any atom is -0.496 e. The maximum atomic E-state index is 14.4. The minimum atomic E-state index is -0.814. The van der Waals surface area contributed by atoms with E-state index in [9.17, 15) is 14.9 Å². The van der Waals surface area contributed by atoms with Crippen molar-refractivity contribution < 1.29 is 14.3 Å². The highest BCUT2D eigenvalue weighted by molar-refractivity contribution is 7.15. The Balaban J connectivity index is 1.61. The molecule has 8 nitrogen and oxygen atoms in total. The Hall–Kier alpha value is -4.72. The van der Waals surface area contributed by atoms with Crippen molar-refractivity contribution >= 4 is 45.5 Å². The summed E-state index contributed by atoms with van der Waals surface area (Å²) in [5.74, 6) is 0.0366. The number of rotatable bonds is 6. The second kappa shape index (κ2) is 11.7. The van der Waals surface area contributed by atoms with Gasteiger partial charge in [0.1, 0.15) is 22.9 Å². The van der Waals surface area contributed by atoms with Crippen LogP contribution in [0.3, 0.4) is 0 Å². The molecule has 1 atom stereocenters. The fourth-order valence-corrected chi connectivity index (χ4v) is 8.34. The molecule has 3 aromatic heterocycles. The number of allylic oxidation sites excluding steroid dienone is 1. The van der Waals surface area contributed by atoms with Gasteiger partial charge in [0, 0.05) is 21.8 Å². The molecular formula is C35H32N4O4S2. The largest absolute Gasteiger partial charge is 0.496 e. The number of methoxy groups -OCH3 is 1. The van der Waals surface area contributed by atoms with Crippen LogP contribution >= 0.6 is 22.7 Å². The third kappa shape index (κ3) is 4.83. The molecule has 0 fully saturated rings. The molecule has 0 radical (unpaired) electrons. The predicted molar refractivity (Wildman–Crippen MR) is 178 cm³/mol. The molecule has 6 rings (SSSR count). The van der Waals surface area contributed by atoms with Crippen LogP contribution in [0.1, 0.15) is 58.4 Å².